The van der Waals surface area contributed by atoms with E-state index in [0.29, 0.717) is 5.56 Å². The van der Waals surface area contributed by atoms with Crippen molar-refractivity contribution in [1.82, 2.24) is 4.72 Å². The summed E-state index contributed by atoms with van der Waals surface area (Å²) in [5, 5.41) is 2.24. The number of methoxy groups -OCH3 is 1. The molecule has 2 aromatic rings. The maximum atomic E-state index is 13.1. The number of sulfonamides is 1. The third-order valence-corrected chi connectivity index (χ3v) is 5.43. The zero-order chi connectivity index (χ0) is 22.3. The first kappa shape index (κ1) is 23.3. The normalized spacial score (nSPS) is 11.3. The topological polar surface area (TPSA) is 111 Å². The molecule has 8 nitrogen and oxygen atoms in total. The van der Waals surface area contributed by atoms with Crippen molar-refractivity contribution in [2.45, 2.75) is 4.90 Å². The Labute approximate surface area is 177 Å². The van der Waals surface area contributed by atoms with Gasteiger partial charge in [-0.1, -0.05) is 17.7 Å². The smallest absolute Gasteiger partial charge is 0.331 e. The Morgan fingerprint density at radius 2 is 1.93 bits per heavy atom. The molecule has 0 aromatic heterocycles. The second kappa shape index (κ2) is 10.2. The maximum Gasteiger partial charge on any atom is 0.331 e. The SMILES string of the molecule is CNS(=O)(=O)c1cc(/C=C/C(=O)OCC(=O)Nc2ccc(F)c(Cl)c2)ccc1OC. The van der Waals surface area contributed by atoms with Crippen LogP contribution in [0.5, 0.6) is 5.75 Å². The Kier molecular flexibility index (Phi) is 7.93. The average Bonchev–Trinajstić information content (AvgIpc) is 2.73. The van der Waals surface area contributed by atoms with Crippen LogP contribution in [-0.4, -0.2) is 41.1 Å². The molecule has 0 fully saturated rings. The highest BCUT2D eigenvalue weighted by Gasteiger charge is 2.17. The first-order chi connectivity index (χ1) is 14.2. The van der Waals surface area contributed by atoms with Gasteiger partial charge in [0, 0.05) is 11.8 Å². The molecule has 0 saturated carbocycles. The zero-order valence-electron chi connectivity index (χ0n) is 15.9. The highest BCUT2D eigenvalue weighted by Crippen LogP contribution is 2.25. The molecule has 0 radical (unpaired) electrons. The maximum absolute atomic E-state index is 13.1. The molecule has 0 heterocycles. The lowest BCUT2D eigenvalue weighted by atomic mass is 10.2. The van der Waals surface area contributed by atoms with E-state index in [2.05, 4.69) is 10.0 Å². The van der Waals surface area contributed by atoms with E-state index >= 15 is 0 Å². The molecule has 0 saturated heterocycles. The number of hydrogen-bond acceptors (Lipinski definition) is 6. The van der Waals surface area contributed by atoms with Gasteiger partial charge in [0.1, 0.15) is 16.5 Å². The number of carbonyl (C=O) groups excluding carboxylic acids is 2. The fourth-order valence-electron chi connectivity index (χ4n) is 2.24. The van der Waals surface area contributed by atoms with Crippen LogP contribution >= 0.6 is 11.6 Å². The molecule has 1 amide bonds. The Bertz CT molecular complexity index is 1090. The minimum absolute atomic E-state index is 0.0969. The first-order valence-corrected chi connectivity index (χ1v) is 10.2. The van der Waals surface area contributed by atoms with Crippen molar-refractivity contribution in [3.8, 4) is 5.75 Å². The number of hydrogen-bond donors (Lipinski definition) is 2. The van der Waals surface area contributed by atoms with Crippen molar-refractivity contribution in [3.63, 3.8) is 0 Å². The first-order valence-electron chi connectivity index (χ1n) is 8.37. The van der Waals surface area contributed by atoms with Crippen LogP contribution in [0.15, 0.2) is 47.4 Å². The predicted octanol–water partition coefficient (Wildman–Crippen LogP) is 2.59. The van der Waals surface area contributed by atoms with E-state index in [4.69, 9.17) is 21.1 Å². The minimum Gasteiger partial charge on any atom is -0.495 e. The Hall–Kier alpha value is -2.95. The number of halogens is 2. The van der Waals surface area contributed by atoms with Crippen LogP contribution in [0, 0.1) is 5.82 Å². The molecular formula is C19H18ClFN2O6S. The second-order valence-corrected chi connectivity index (χ2v) is 8.00. The number of rotatable bonds is 8. The Morgan fingerprint density at radius 3 is 2.57 bits per heavy atom. The lowest BCUT2D eigenvalue weighted by molar-refractivity contribution is -0.142. The van der Waals surface area contributed by atoms with Gasteiger partial charge in [0.05, 0.1) is 12.1 Å². The summed E-state index contributed by atoms with van der Waals surface area (Å²) in [6.45, 7) is -0.583. The molecule has 11 heteroatoms. The van der Waals surface area contributed by atoms with Crippen LogP contribution in [0.2, 0.25) is 5.02 Å². The summed E-state index contributed by atoms with van der Waals surface area (Å²) in [4.78, 5) is 23.5. The van der Waals surface area contributed by atoms with Crippen LogP contribution in [-0.2, 0) is 24.3 Å². The predicted molar refractivity (Wildman–Crippen MR) is 109 cm³/mol. The van der Waals surface area contributed by atoms with E-state index in [0.717, 1.165) is 12.1 Å². The summed E-state index contributed by atoms with van der Waals surface area (Å²) in [6.07, 6.45) is 2.37. The summed E-state index contributed by atoms with van der Waals surface area (Å²) >= 11 is 5.62. The number of esters is 1. The molecule has 2 N–H and O–H groups in total. The number of nitrogens with one attached hydrogen (secondary N) is 2. The summed E-state index contributed by atoms with van der Waals surface area (Å²) in [7, 11) is -1.17. The van der Waals surface area contributed by atoms with Crippen molar-refractivity contribution in [2.75, 3.05) is 26.1 Å². The Balaban J connectivity index is 1.98. The van der Waals surface area contributed by atoms with Crippen molar-refractivity contribution in [1.29, 1.82) is 0 Å². The van der Waals surface area contributed by atoms with E-state index in [-0.39, 0.29) is 21.4 Å². The van der Waals surface area contributed by atoms with E-state index in [1.807, 2.05) is 0 Å². The van der Waals surface area contributed by atoms with E-state index in [1.54, 1.807) is 6.07 Å². The number of ether oxygens (including phenoxy) is 2. The molecule has 0 bridgehead atoms. The number of amides is 1. The quantitative estimate of drug-likeness (QED) is 0.466. The fraction of sp³-hybridized carbons (Fsp3) is 0.158. The standard InChI is InChI=1S/C19H18ClFN2O6S/c1-22-30(26,27)17-9-12(3-7-16(17)28-2)4-8-19(25)29-11-18(24)23-13-5-6-15(21)14(20)10-13/h3-10,22H,11H2,1-2H3,(H,23,24)/b8-4+. The van der Waals surface area contributed by atoms with Gasteiger partial charge < -0.3 is 14.8 Å². The molecule has 0 aliphatic carbocycles. The second-order valence-electron chi connectivity index (χ2n) is 5.74. The third-order valence-electron chi connectivity index (χ3n) is 3.71. The summed E-state index contributed by atoms with van der Waals surface area (Å²) < 4.78 is 49.3. The van der Waals surface area contributed by atoms with E-state index in [9.17, 15) is 22.4 Å². The van der Waals surface area contributed by atoms with Gasteiger partial charge in [-0.05, 0) is 49.0 Å². The van der Waals surface area contributed by atoms with Gasteiger partial charge in [-0.2, -0.15) is 0 Å². The molecule has 160 valence electrons. The van der Waals surface area contributed by atoms with Crippen LogP contribution in [0.25, 0.3) is 6.08 Å². The van der Waals surface area contributed by atoms with Gasteiger partial charge in [0.25, 0.3) is 5.91 Å². The summed E-state index contributed by atoms with van der Waals surface area (Å²) in [6, 6.07) is 7.92. The van der Waals surface area contributed by atoms with Crippen molar-refractivity contribution >= 4 is 45.3 Å². The third kappa shape index (κ3) is 6.28. The molecule has 0 aliphatic heterocycles. The minimum atomic E-state index is -3.77. The van der Waals surface area contributed by atoms with Gasteiger partial charge >= 0.3 is 5.97 Å². The van der Waals surface area contributed by atoms with Crippen LogP contribution in [0.1, 0.15) is 5.56 Å². The van der Waals surface area contributed by atoms with Gasteiger partial charge in [-0.25, -0.2) is 22.3 Å². The number of carbonyl (C=O) groups is 2. The molecule has 30 heavy (non-hydrogen) atoms. The largest absolute Gasteiger partial charge is 0.495 e. The van der Waals surface area contributed by atoms with E-state index in [1.165, 1.54) is 44.5 Å². The van der Waals surface area contributed by atoms with Crippen molar-refractivity contribution in [2.24, 2.45) is 0 Å². The molecular weight excluding hydrogens is 439 g/mol. The van der Waals surface area contributed by atoms with Crippen molar-refractivity contribution < 1.29 is 31.9 Å². The number of anilines is 1. The van der Waals surface area contributed by atoms with Crippen LogP contribution in [0.4, 0.5) is 10.1 Å². The summed E-state index contributed by atoms with van der Waals surface area (Å²) in [5.74, 6) is -1.96. The molecule has 0 spiro atoms. The zero-order valence-corrected chi connectivity index (χ0v) is 17.5. The summed E-state index contributed by atoms with van der Waals surface area (Å²) in [5.41, 5.74) is 0.640. The van der Waals surface area contributed by atoms with Crippen molar-refractivity contribution in [3.05, 3.63) is 58.9 Å². The fourth-order valence-corrected chi connectivity index (χ4v) is 3.34. The van der Waals surface area contributed by atoms with Gasteiger partial charge in [0.2, 0.25) is 10.0 Å². The van der Waals surface area contributed by atoms with Crippen LogP contribution in [0.3, 0.4) is 0 Å². The van der Waals surface area contributed by atoms with Gasteiger partial charge in [-0.15, -0.1) is 0 Å². The molecule has 2 aromatic carbocycles. The average molecular weight is 457 g/mol. The monoisotopic (exact) mass is 456 g/mol. The lowest BCUT2D eigenvalue weighted by Crippen LogP contribution is -2.20. The van der Waals surface area contributed by atoms with E-state index < -0.39 is 34.3 Å². The molecule has 0 unspecified atom stereocenters. The van der Waals surface area contributed by atoms with Gasteiger partial charge in [-0.3, -0.25) is 4.79 Å². The lowest BCUT2D eigenvalue weighted by Gasteiger charge is -2.09. The van der Waals surface area contributed by atoms with Crippen LogP contribution < -0.4 is 14.8 Å². The number of benzene rings is 2. The molecule has 0 aliphatic rings. The molecule has 0 atom stereocenters. The molecule has 2 rings (SSSR count). The Morgan fingerprint density at radius 1 is 1.20 bits per heavy atom. The highest BCUT2D eigenvalue weighted by molar-refractivity contribution is 7.89. The van der Waals surface area contributed by atoms with Gasteiger partial charge in [0.15, 0.2) is 6.61 Å². The highest BCUT2D eigenvalue weighted by atomic mass is 35.5.